The van der Waals surface area contributed by atoms with Crippen LogP contribution < -0.4 is 5.32 Å². The van der Waals surface area contributed by atoms with Crippen LogP contribution >= 0.6 is 23.1 Å². The second-order valence-electron chi connectivity index (χ2n) is 4.91. The van der Waals surface area contributed by atoms with Gasteiger partial charge in [0.2, 0.25) is 5.91 Å². The average molecular weight is 390 g/mol. The maximum absolute atomic E-state index is 12.6. The molecule has 1 heterocycles. The van der Waals surface area contributed by atoms with Gasteiger partial charge < -0.3 is 5.32 Å². The summed E-state index contributed by atoms with van der Waals surface area (Å²) in [5.74, 6) is -0.452. The molecule has 0 spiro atoms. The zero-order valence-electron chi connectivity index (χ0n) is 12.7. The molecule has 0 fully saturated rings. The maximum Gasteiger partial charge on any atom is 0.416 e. The summed E-state index contributed by atoms with van der Waals surface area (Å²) in [5, 5.41) is 15.6. The first kappa shape index (κ1) is 19.3. The Hall–Kier alpha value is -2.07. The smallest absolute Gasteiger partial charge is 0.355 e. The van der Waals surface area contributed by atoms with E-state index in [4.69, 9.17) is 0 Å². The largest absolute Gasteiger partial charge is 0.416 e. The number of hydrogen-bond donors (Lipinski definition) is 1. The molecule has 1 amide bonds. The summed E-state index contributed by atoms with van der Waals surface area (Å²) in [6.45, 7) is 0.426. The number of nitro groups is 1. The van der Waals surface area contributed by atoms with E-state index in [1.807, 2.05) is 17.5 Å². The van der Waals surface area contributed by atoms with Gasteiger partial charge >= 0.3 is 6.18 Å². The van der Waals surface area contributed by atoms with E-state index >= 15 is 0 Å². The van der Waals surface area contributed by atoms with E-state index in [0.29, 0.717) is 19.0 Å². The predicted octanol–water partition coefficient (Wildman–Crippen LogP) is 4.13. The number of benzene rings is 1. The normalized spacial score (nSPS) is 11.3. The van der Waals surface area contributed by atoms with Gasteiger partial charge in [-0.1, -0.05) is 6.07 Å². The molecule has 0 atom stereocenters. The van der Waals surface area contributed by atoms with Crippen LogP contribution in [0.1, 0.15) is 10.4 Å². The highest BCUT2D eigenvalue weighted by molar-refractivity contribution is 8.00. The number of hydrogen-bond acceptors (Lipinski definition) is 5. The standard InChI is InChI=1S/C15H13F3N2O3S2/c16-15(17,18)10-3-4-13(12(8-10)20(22)23)25-9-14(21)19-6-5-11-2-1-7-24-11/h1-4,7-8H,5-6,9H2,(H,19,21). The molecule has 10 heteroatoms. The van der Waals surface area contributed by atoms with Crippen LogP contribution in [0.5, 0.6) is 0 Å². The number of alkyl halides is 3. The Bertz CT molecular complexity index is 749. The SMILES string of the molecule is O=C(CSc1ccc(C(F)(F)F)cc1[N+](=O)[O-])NCCc1cccs1. The molecule has 1 aromatic heterocycles. The summed E-state index contributed by atoms with van der Waals surface area (Å²) in [4.78, 5) is 23.0. The third-order valence-electron chi connectivity index (χ3n) is 3.12. The van der Waals surface area contributed by atoms with Crippen molar-refractivity contribution in [3.8, 4) is 0 Å². The van der Waals surface area contributed by atoms with Crippen molar-refractivity contribution in [2.45, 2.75) is 17.5 Å². The van der Waals surface area contributed by atoms with Crippen LogP contribution in [0.25, 0.3) is 0 Å². The molecule has 2 aromatic rings. The van der Waals surface area contributed by atoms with Gasteiger partial charge in [-0.2, -0.15) is 13.2 Å². The molecule has 0 aliphatic rings. The minimum atomic E-state index is -4.66. The zero-order chi connectivity index (χ0) is 18.4. The highest BCUT2D eigenvalue weighted by atomic mass is 32.2. The lowest BCUT2D eigenvalue weighted by molar-refractivity contribution is -0.388. The minimum Gasteiger partial charge on any atom is -0.355 e. The number of amides is 1. The Morgan fingerprint density at radius 3 is 2.68 bits per heavy atom. The predicted molar refractivity (Wildman–Crippen MR) is 89.9 cm³/mol. The fourth-order valence-corrected chi connectivity index (χ4v) is 3.48. The molecule has 134 valence electrons. The first-order chi connectivity index (χ1) is 11.8. The lowest BCUT2D eigenvalue weighted by Crippen LogP contribution is -2.27. The number of nitro benzene ring substituents is 1. The number of carbonyl (C=O) groups is 1. The van der Waals surface area contributed by atoms with E-state index < -0.39 is 22.4 Å². The van der Waals surface area contributed by atoms with Crippen LogP contribution in [0.15, 0.2) is 40.6 Å². The van der Waals surface area contributed by atoms with Crippen molar-refractivity contribution < 1.29 is 22.9 Å². The highest BCUT2D eigenvalue weighted by Crippen LogP contribution is 2.36. The number of nitrogens with zero attached hydrogens (tertiary/aromatic N) is 1. The molecule has 0 unspecified atom stereocenters. The first-order valence-electron chi connectivity index (χ1n) is 7.05. The van der Waals surface area contributed by atoms with Gasteiger partial charge in [0.15, 0.2) is 0 Å². The number of thioether (sulfide) groups is 1. The summed E-state index contributed by atoms with van der Waals surface area (Å²) >= 11 is 2.40. The van der Waals surface area contributed by atoms with E-state index in [0.717, 1.165) is 28.8 Å². The molecule has 0 saturated heterocycles. The van der Waals surface area contributed by atoms with Crippen molar-refractivity contribution in [3.05, 3.63) is 56.3 Å². The monoisotopic (exact) mass is 390 g/mol. The summed E-state index contributed by atoms with van der Waals surface area (Å²) < 4.78 is 37.9. The van der Waals surface area contributed by atoms with Gasteiger partial charge in [0.25, 0.3) is 5.69 Å². The van der Waals surface area contributed by atoms with Gasteiger partial charge in [-0.3, -0.25) is 14.9 Å². The quantitative estimate of drug-likeness (QED) is 0.438. The molecule has 0 aliphatic heterocycles. The molecule has 1 aromatic carbocycles. The van der Waals surface area contributed by atoms with Crippen LogP contribution in [0.2, 0.25) is 0 Å². The molecule has 1 N–H and O–H groups in total. The Morgan fingerprint density at radius 2 is 2.08 bits per heavy atom. The topological polar surface area (TPSA) is 72.2 Å². The van der Waals surface area contributed by atoms with Gasteiger partial charge in [0.1, 0.15) is 0 Å². The van der Waals surface area contributed by atoms with Crippen LogP contribution in [0.3, 0.4) is 0 Å². The fraction of sp³-hybridized carbons (Fsp3) is 0.267. The summed E-state index contributed by atoms with van der Waals surface area (Å²) in [6.07, 6.45) is -3.98. The molecule has 0 saturated carbocycles. The van der Waals surface area contributed by atoms with Gasteiger partial charge in [0.05, 0.1) is 21.1 Å². The average Bonchev–Trinajstić information content (AvgIpc) is 3.05. The molecule has 5 nitrogen and oxygen atoms in total. The Balaban J connectivity index is 1.92. The lowest BCUT2D eigenvalue weighted by Gasteiger charge is -2.09. The second kappa shape index (κ2) is 8.34. The van der Waals surface area contributed by atoms with Gasteiger partial charge in [0, 0.05) is 17.5 Å². The summed E-state index contributed by atoms with van der Waals surface area (Å²) in [7, 11) is 0. The van der Waals surface area contributed by atoms with Crippen molar-refractivity contribution >= 4 is 34.7 Å². The Morgan fingerprint density at radius 1 is 1.32 bits per heavy atom. The van der Waals surface area contributed by atoms with Crippen molar-refractivity contribution in [3.63, 3.8) is 0 Å². The van der Waals surface area contributed by atoms with E-state index in [2.05, 4.69) is 5.32 Å². The van der Waals surface area contributed by atoms with Gasteiger partial charge in [-0.15, -0.1) is 23.1 Å². The number of nitrogens with one attached hydrogen (secondary N) is 1. The Kier molecular flexibility index (Phi) is 6.43. The molecule has 2 rings (SSSR count). The minimum absolute atomic E-state index is 0.0198. The maximum atomic E-state index is 12.6. The molecular formula is C15H13F3N2O3S2. The first-order valence-corrected chi connectivity index (χ1v) is 8.91. The van der Waals surface area contributed by atoms with Crippen molar-refractivity contribution in [1.29, 1.82) is 0 Å². The lowest BCUT2D eigenvalue weighted by atomic mass is 10.2. The number of carbonyl (C=O) groups excluding carboxylic acids is 1. The van der Waals surface area contributed by atoms with Crippen molar-refractivity contribution in [2.75, 3.05) is 12.3 Å². The van der Waals surface area contributed by atoms with Gasteiger partial charge in [-0.25, -0.2) is 0 Å². The zero-order valence-corrected chi connectivity index (χ0v) is 14.3. The number of thiophene rings is 1. The third-order valence-corrected chi connectivity index (χ3v) is 5.11. The second-order valence-corrected chi connectivity index (χ2v) is 6.95. The fourth-order valence-electron chi connectivity index (χ4n) is 1.93. The molecule has 25 heavy (non-hydrogen) atoms. The molecule has 0 aliphatic carbocycles. The van der Waals surface area contributed by atoms with Crippen LogP contribution in [0.4, 0.5) is 18.9 Å². The van der Waals surface area contributed by atoms with E-state index in [1.165, 1.54) is 0 Å². The molecular weight excluding hydrogens is 377 g/mol. The van der Waals surface area contributed by atoms with E-state index in [-0.39, 0.29) is 16.6 Å². The van der Waals surface area contributed by atoms with Crippen molar-refractivity contribution in [2.24, 2.45) is 0 Å². The summed E-state index contributed by atoms with van der Waals surface area (Å²) in [6, 6.07) is 6.12. The Labute approximate surface area is 149 Å². The third kappa shape index (κ3) is 5.75. The van der Waals surface area contributed by atoms with Crippen LogP contribution in [0, 0.1) is 10.1 Å². The van der Waals surface area contributed by atoms with Crippen molar-refractivity contribution in [1.82, 2.24) is 5.32 Å². The summed E-state index contributed by atoms with van der Waals surface area (Å²) in [5.41, 5.74) is -1.75. The molecule has 0 radical (unpaired) electrons. The van der Waals surface area contributed by atoms with E-state index in [9.17, 15) is 28.1 Å². The van der Waals surface area contributed by atoms with E-state index in [1.54, 1.807) is 11.3 Å². The molecule has 0 bridgehead atoms. The van der Waals surface area contributed by atoms with Gasteiger partial charge in [-0.05, 0) is 30.0 Å². The number of halogens is 3. The van der Waals surface area contributed by atoms with Crippen LogP contribution in [-0.2, 0) is 17.4 Å². The number of rotatable bonds is 7. The van der Waals surface area contributed by atoms with Crippen LogP contribution in [-0.4, -0.2) is 23.1 Å². The highest BCUT2D eigenvalue weighted by Gasteiger charge is 2.33.